The number of nitrogens with one attached hydrogen (secondary N) is 1. The van der Waals surface area contributed by atoms with Gasteiger partial charge < -0.3 is 14.6 Å². The summed E-state index contributed by atoms with van der Waals surface area (Å²) in [6.07, 6.45) is 4.76. The molecule has 1 aromatic carbocycles. The Morgan fingerprint density at radius 3 is 2.70 bits per heavy atom. The minimum atomic E-state index is 0.141. The minimum absolute atomic E-state index is 0.141. The van der Waals surface area contributed by atoms with Crippen molar-refractivity contribution in [1.82, 2.24) is 10.2 Å². The zero-order valence-corrected chi connectivity index (χ0v) is 17.9. The molecule has 2 saturated carbocycles. The summed E-state index contributed by atoms with van der Waals surface area (Å²) in [6, 6.07) is 15.3. The number of anilines is 1. The number of carbonyl (C=O) groups is 1. The van der Waals surface area contributed by atoms with Crippen LogP contribution in [0.15, 0.2) is 46.9 Å². The Hall–Kier alpha value is -2.27. The second kappa shape index (κ2) is 8.46. The zero-order valence-electron chi connectivity index (χ0n) is 17.9. The van der Waals surface area contributed by atoms with E-state index < -0.39 is 0 Å². The fourth-order valence-corrected chi connectivity index (χ4v) is 4.72. The number of benzene rings is 1. The Morgan fingerprint density at radius 1 is 1.17 bits per heavy atom. The molecule has 1 N–H and O–H groups in total. The van der Waals surface area contributed by atoms with E-state index >= 15 is 0 Å². The van der Waals surface area contributed by atoms with E-state index in [2.05, 4.69) is 64.5 Å². The van der Waals surface area contributed by atoms with Gasteiger partial charge in [-0.2, -0.15) is 0 Å². The van der Waals surface area contributed by atoms with Crippen molar-refractivity contribution in [3.05, 3.63) is 54.0 Å². The summed E-state index contributed by atoms with van der Waals surface area (Å²) in [4.78, 5) is 17.4. The lowest BCUT2D eigenvalue weighted by molar-refractivity contribution is -0.122. The summed E-state index contributed by atoms with van der Waals surface area (Å²) >= 11 is 0. The van der Waals surface area contributed by atoms with Gasteiger partial charge in [-0.05, 0) is 61.8 Å². The number of hydrogen-bond donors (Lipinski definition) is 1. The average Bonchev–Trinajstić information content (AvgIpc) is 3.63. The van der Waals surface area contributed by atoms with Crippen LogP contribution < -0.4 is 10.2 Å². The molecule has 1 amide bonds. The minimum Gasteiger partial charge on any atom is -0.464 e. The average molecular weight is 408 g/mol. The Morgan fingerprint density at radius 2 is 1.97 bits per heavy atom. The summed E-state index contributed by atoms with van der Waals surface area (Å²) in [7, 11) is 0. The van der Waals surface area contributed by atoms with Crippen molar-refractivity contribution in [1.29, 1.82) is 0 Å². The number of nitrogens with zero attached hydrogens (tertiary/aromatic N) is 2. The molecule has 160 valence electrons. The third-order valence-corrected chi connectivity index (χ3v) is 6.92. The summed E-state index contributed by atoms with van der Waals surface area (Å²) in [5.74, 6) is 4.15. The molecular weight excluding hydrogens is 374 g/mol. The van der Waals surface area contributed by atoms with Crippen molar-refractivity contribution in [3.8, 4) is 0 Å². The quantitative estimate of drug-likeness (QED) is 0.682. The number of rotatable bonds is 9. The van der Waals surface area contributed by atoms with Crippen molar-refractivity contribution in [3.63, 3.8) is 0 Å². The summed E-state index contributed by atoms with van der Waals surface area (Å²) < 4.78 is 6.08. The molecule has 3 fully saturated rings. The SMILES string of the molecule is CC1CC1c1ccc(CN(CC(=O)NCC2CCN(c3ccccc3)C2)C2CC2)o1. The highest BCUT2D eigenvalue weighted by Crippen LogP contribution is 2.47. The number of furan rings is 1. The van der Waals surface area contributed by atoms with Crippen LogP contribution in [-0.2, 0) is 11.3 Å². The molecule has 1 saturated heterocycles. The van der Waals surface area contributed by atoms with E-state index in [1.54, 1.807) is 0 Å². The first-order valence-electron chi connectivity index (χ1n) is 11.5. The second-order valence-corrected chi connectivity index (χ2v) is 9.50. The van der Waals surface area contributed by atoms with E-state index in [0.717, 1.165) is 50.0 Å². The highest BCUT2D eigenvalue weighted by atomic mass is 16.3. The van der Waals surface area contributed by atoms with E-state index in [9.17, 15) is 4.79 Å². The van der Waals surface area contributed by atoms with Gasteiger partial charge in [0.25, 0.3) is 0 Å². The van der Waals surface area contributed by atoms with Crippen LogP contribution in [0.3, 0.4) is 0 Å². The van der Waals surface area contributed by atoms with Crippen molar-refractivity contribution < 1.29 is 9.21 Å². The molecule has 3 unspecified atom stereocenters. The van der Waals surface area contributed by atoms with E-state index in [1.165, 1.54) is 24.9 Å². The Kier molecular flexibility index (Phi) is 5.55. The molecule has 3 aliphatic rings. The Balaban J connectivity index is 1.09. The molecule has 0 spiro atoms. The topological polar surface area (TPSA) is 48.7 Å². The molecule has 0 radical (unpaired) electrons. The number of para-hydroxylation sites is 1. The summed E-state index contributed by atoms with van der Waals surface area (Å²) in [6.45, 7) is 6.34. The lowest BCUT2D eigenvalue weighted by atomic mass is 10.1. The molecule has 5 heteroatoms. The summed E-state index contributed by atoms with van der Waals surface area (Å²) in [5, 5.41) is 3.20. The fourth-order valence-electron chi connectivity index (χ4n) is 4.72. The van der Waals surface area contributed by atoms with Gasteiger partial charge >= 0.3 is 0 Å². The molecule has 2 aromatic rings. The molecule has 5 rings (SSSR count). The molecular formula is C25H33N3O2. The lowest BCUT2D eigenvalue weighted by Crippen LogP contribution is -2.40. The van der Waals surface area contributed by atoms with Gasteiger partial charge in [0.05, 0.1) is 13.1 Å². The van der Waals surface area contributed by atoms with Gasteiger partial charge in [-0.3, -0.25) is 9.69 Å². The maximum atomic E-state index is 12.7. The largest absolute Gasteiger partial charge is 0.464 e. The van der Waals surface area contributed by atoms with Crippen LogP contribution in [0, 0.1) is 11.8 Å². The molecule has 3 atom stereocenters. The number of amides is 1. The van der Waals surface area contributed by atoms with Crippen LogP contribution in [0.25, 0.3) is 0 Å². The van der Waals surface area contributed by atoms with Gasteiger partial charge in [0.1, 0.15) is 11.5 Å². The highest BCUT2D eigenvalue weighted by Gasteiger charge is 2.37. The Labute approximate surface area is 179 Å². The predicted octanol–water partition coefficient (Wildman–Crippen LogP) is 4.01. The van der Waals surface area contributed by atoms with Crippen LogP contribution >= 0.6 is 0 Å². The standard InChI is InChI=1S/C25H33N3O2/c1-18-13-23(18)24-10-9-22(30-24)16-28(21-7-8-21)17-25(29)26-14-19-11-12-27(15-19)20-5-3-2-4-6-20/h2-6,9-10,18-19,21,23H,7-8,11-17H2,1H3,(H,26,29). The second-order valence-electron chi connectivity index (χ2n) is 9.50. The maximum absolute atomic E-state index is 12.7. The normalized spacial score (nSPS) is 25.7. The van der Waals surface area contributed by atoms with E-state index in [0.29, 0.717) is 24.4 Å². The first-order chi connectivity index (χ1) is 14.7. The predicted molar refractivity (Wildman–Crippen MR) is 118 cm³/mol. The Bertz CT molecular complexity index is 860. The van der Waals surface area contributed by atoms with Gasteiger partial charge in [0, 0.05) is 37.3 Å². The molecule has 0 bridgehead atoms. The lowest BCUT2D eigenvalue weighted by Gasteiger charge is -2.21. The smallest absolute Gasteiger partial charge is 0.234 e. The van der Waals surface area contributed by atoms with E-state index in [1.807, 2.05) is 0 Å². The third kappa shape index (κ3) is 4.72. The van der Waals surface area contributed by atoms with Crippen LogP contribution in [0.4, 0.5) is 5.69 Å². The first-order valence-corrected chi connectivity index (χ1v) is 11.5. The first kappa shape index (κ1) is 19.7. The summed E-state index contributed by atoms with van der Waals surface area (Å²) in [5.41, 5.74) is 1.28. The van der Waals surface area contributed by atoms with Crippen LogP contribution in [0.5, 0.6) is 0 Å². The molecule has 30 heavy (non-hydrogen) atoms. The number of carbonyl (C=O) groups excluding carboxylic acids is 1. The van der Waals surface area contributed by atoms with Gasteiger partial charge in [-0.25, -0.2) is 0 Å². The van der Waals surface area contributed by atoms with Crippen molar-refractivity contribution in [2.24, 2.45) is 11.8 Å². The van der Waals surface area contributed by atoms with Gasteiger partial charge in [-0.1, -0.05) is 25.1 Å². The molecule has 2 aliphatic carbocycles. The van der Waals surface area contributed by atoms with Crippen LogP contribution in [-0.4, -0.2) is 43.0 Å². The van der Waals surface area contributed by atoms with E-state index in [-0.39, 0.29) is 5.91 Å². The molecule has 5 nitrogen and oxygen atoms in total. The maximum Gasteiger partial charge on any atom is 0.234 e. The van der Waals surface area contributed by atoms with E-state index in [4.69, 9.17) is 4.42 Å². The zero-order chi connectivity index (χ0) is 20.5. The van der Waals surface area contributed by atoms with Crippen molar-refractivity contribution in [2.45, 2.75) is 51.1 Å². The van der Waals surface area contributed by atoms with Crippen LogP contribution in [0.2, 0.25) is 0 Å². The van der Waals surface area contributed by atoms with Crippen LogP contribution in [0.1, 0.15) is 50.0 Å². The monoisotopic (exact) mass is 407 g/mol. The fraction of sp³-hybridized carbons (Fsp3) is 0.560. The van der Waals surface area contributed by atoms with Crippen molar-refractivity contribution in [2.75, 3.05) is 31.1 Å². The molecule has 2 heterocycles. The highest BCUT2D eigenvalue weighted by molar-refractivity contribution is 5.78. The van der Waals surface area contributed by atoms with Gasteiger partial charge in [-0.15, -0.1) is 0 Å². The van der Waals surface area contributed by atoms with Gasteiger partial charge in [0.2, 0.25) is 5.91 Å². The molecule has 1 aromatic heterocycles. The third-order valence-electron chi connectivity index (χ3n) is 6.92. The van der Waals surface area contributed by atoms with Crippen molar-refractivity contribution >= 4 is 11.6 Å². The number of hydrogen-bond acceptors (Lipinski definition) is 4. The van der Waals surface area contributed by atoms with Gasteiger partial charge in [0.15, 0.2) is 0 Å². The molecule has 1 aliphatic heterocycles.